The summed E-state index contributed by atoms with van der Waals surface area (Å²) < 4.78 is 5.35. The molecule has 4 nitrogen and oxygen atoms in total. The highest BCUT2D eigenvalue weighted by molar-refractivity contribution is 5.91. The summed E-state index contributed by atoms with van der Waals surface area (Å²) in [5.74, 6) is 0.147. The van der Waals surface area contributed by atoms with Crippen LogP contribution in [0.15, 0.2) is 12.3 Å². The minimum absolute atomic E-state index is 0.0941. The molecule has 1 atom stereocenters. The normalized spacial score (nSPS) is 12.5. The summed E-state index contributed by atoms with van der Waals surface area (Å²) in [5, 5.41) is 0. The van der Waals surface area contributed by atoms with Crippen LogP contribution in [0.1, 0.15) is 43.2 Å². The zero-order valence-electron chi connectivity index (χ0n) is 10.9. The molecule has 0 radical (unpaired) electrons. The zero-order valence-corrected chi connectivity index (χ0v) is 10.9. The van der Waals surface area contributed by atoms with Crippen LogP contribution in [0.4, 0.5) is 5.69 Å². The quantitative estimate of drug-likeness (QED) is 0.816. The van der Waals surface area contributed by atoms with E-state index >= 15 is 0 Å². The van der Waals surface area contributed by atoms with Crippen molar-refractivity contribution in [2.24, 2.45) is 5.92 Å². The van der Waals surface area contributed by atoms with Crippen molar-refractivity contribution >= 4 is 11.7 Å². The van der Waals surface area contributed by atoms with Gasteiger partial charge in [-0.05, 0) is 32.3 Å². The van der Waals surface area contributed by atoms with E-state index in [0.717, 1.165) is 6.42 Å². The fourth-order valence-electron chi connectivity index (χ4n) is 1.71. The van der Waals surface area contributed by atoms with Crippen LogP contribution in [0.2, 0.25) is 0 Å². The second-order valence-corrected chi connectivity index (χ2v) is 4.75. The Balaban J connectivity index is 2.73. The average Bonchev–Trinajstić information content (AvgIpc) is 2.20. The number of aryl methyl sites for hydroxylation is 1. The second-order valence-electron chi connectivity index (χ2n) is 4.75. The third-order valence-electron chi connectivity index (χ3n) is 2.44. The molecule has 0 saturated carbocycles. The molecular formula is C13H20N2O2. The van der Waals surface area contributed by atoms with Gasteiger partial charge in [-0.1, -0.05) is 13.8 Å². The van der Waals surface area contributed by atoms with E-state index in [-0.39, 0.29) is 12.1 Å². The van der Waals surface area contributed by atoms with Crippen LogP contribution in [0.25, 0.3) is 0 Å². The lowest BCUT2D eigenvalue weighted by Gasteiger charge is -2.15. The molecule has 17 heavy (non-hydrogen) atoms. The first-order valence-corrected chi connectivity index (χ1v) is 5.83. The van der Waals surface area contributed by atoms with Crippen LogP contribution in [-0.4, -0.2) is 17.1 Å². The van der Waals surface area contributed by atoms with Crippen molar-refractivity contribution in [1.82, 2.24) is 4.98 Å². The van der Waals surface area contributed by atoms with Crippen molar-refractivity contribution in [2.75, 3.05) is 5.73 Å². The molecular weight excluding hydrogens is 216 g/mol. The van der Waals surface area contributed by atoms with E-state index in [4.69, 9.17) is 10.5 Å². The first-order chi connectivity index (χ1) is 7.90. The smallest absolute Gasteiger partial charge is 0.340 e. The summed E-state index contributed by atoms with van der Waals surface area (Å²) in [6.07, 6.45) is 2.29. The maximum Gasteiger partial charge on any atom is 0.340 e. The van der Waals surface area contributed by atoms with Crippen LogP contribution in [-0.2, 0) is 4.74 Å². The zero-order chi connectivity index (χ0) is 13.0. The monoisotopic (exact) mass is 236 g/mol. The molecule has 94 valence electrons. The number of rotatable bonds is 4. The molecule has 0 fully saturated rings. The molecule has 2 N–H and O–H groups in total. The summed E-state index contributed by atoms with van der Waals surface area (Å²) in [7, 11) is 0. The Bertz CT molecular complexity index is 402. The number of nitrogens with zero attached hydrogens (tertiary/aromatic N) is 1. The number of carbonyl (C=O) groups is 1. The number of hydrogen-bond donors (Lipinski definition) is 1. The van der Waals surface area contributed by atoms with Gasteiger partial charge in [0.25, 0.3) is 0 Å². The lowest BCUT2D eigenvalue weighted by Crippen LogP contribution is -2.18. The molecule has 1 aromatic heterocycles. The third-order valence-corrected chi connectivity index (χ3v) is 2.44. The van der Waals surface area contributed by atoms with Crippen LogP contribution < -0.4 is 5.73 Å². The van der Waals surface area contributed by atoms with Crippen molar-refractivity contribution in [1.29, 1.82) is 0 Å². The number of carbonyl (C=O) groups excluding carboxylic acids is 1. The van der Waals surface area contributed by atoms with E-state index in [9.17, 15) is 4.79 Å². The summed E-state index contributed by atoms with van der Waals surface area (Å²) >= 11 is 0. The maximum absolute atomic E-state index is 11.9. The van der Waals surface area contributed by atoms with Gasteiger partial charge in [0.2, 0.25) is 0 Å². The number of hydrogen-bond acceptors (Lipinski definition) is 4. The summed E-state index contributed by atoms with van der Waals surface area (Å²) in [6, 6.07) is 1.60. The lowest BCUT2D eigenvalue weighted by atomic mass is 10.1. The van der Waals surface area contributed by atoms with E-state index in [1.165, 1.54) is 6.20 Å². The minimum atomic E-state index is -0.351. The van der Waals surface area contributed by atoms with Gasteiger partial charge in [-0.25, -0.2) is 4.79 Å². The highest BCUT2D eigenvalue weighted by Crippen LogP contribution is 2.14. The Morgan fingerprint density at radius 1 is 1.47 bits per heavy atom. The number of nitrogen functional groups attached to an aromatic ring is 1. The van der Waals surface area contributed by atoms with E-state index in [1.807, 2.05) is 6.92 Å². The molecule has 0 aromatic carbocycles. The number of anilines is 1. The first kappa shape index (κ1) is 13.5. The van der Waals surface area contributed by atoms with Gasteiger partial charge in [-0.2, -0.15) is 0 Å². The fraction of sp³-hybridized carbons (Fsp3) is 0.538. The van der Waals surface area contributed by atoms with Crippen LogP contribution in [0.3, 0.4) is 0 Å². The molecule has 0 aliphatic carbocycles. The molecule has 0 spiro atoms. The van der Waals surface area contributed by atoms with Gasteiger partial charge in [-0.3, -0.25) is 4.98 Å². The molecule has 0 aliphatic heterocycles. The summed E-state index contributed by atoms with van der Waals surface area (Å²) in [6.45, 7) is 7.85. The Kier molecular flexibility index (Phi) is 4.49. The fourth-order valence-corrected chi connectivity index (χ4v) is 1.71. The van der Waals surface area contributed by atoms with Gasteiger partial charge in [0.15, 0.2) is 0 Å². The molecule has 0 amide bonds. The Labute approximate surface area is 102 Å². The molecule has 1 aromatic rings. The summed E-state index contributed by atoms with van der Waals surface area (Å²) in [5.41, 5.74) is 7.16. The van der Waals surface area contributed by atoms with Gasteiger partial charge in [0.05, 0.1) is 29.2 Å². The van der Waals surface area contributed by atoms with E-state index in [2.05, 4.69) is 18.8 Å². The van der Waals surface area contributed by atoms with Crippen molar-refractivity contribution in [3.05, 3.63) is 23.5 Å². The first-order valence-electron chi connectivity index (χ1n) is 5.83. The average molecular weight is 236 g/mol. The van der Waals surface area contributed by atoms with Gasteiger partial charge in [0.1, 0.15) is 0 Å². The molecule has 1 unspecified atom stereocenters. The highest BCUT2D eigenvalue weighted by atomic mass is 16.5. The standard InChI is InChI=1S/C13H20N2O2/c1-8(2)5-9(3)17-13(16)12-6-11(14)7-15-10(12)4/h6-9H,5,14H2,1-4H3. The Morgan fingerprint density at radius 2 is 2.12 bits per heavy atom. The lowest BCUT2D eigenvalue weighted by molar-refractivity contribution is 0.0298. The second kappa shape index (κ2) is 5.66. The maximum atomic E-state index is 11.9. The highest BCUT2D eigenvalue weighted by Gasteiger charge is 2.16. The summed E-state index contributed by atoms with van der Waals surface area (Å²) in [4.78, 5) is 15.9. The van der Waals surface area contributed by atoms with Crippen molar-refractivity contribution in [2.45, 2.75) is 40.2 Å². The van der Waals surface area contributed by atoms with Crippen molar-refractivity contribution in [3.63, 3.8) is 0 Å². The van der Waals surface area contributed by atoms with Gasteiger partial charge in [0, 0.05) is 0 Å². The minimum Gasteiger partial charge on any atom is -0.459 e. The SMILES string of the molecule is Cc1ncc(N)cc1C(=O)OC(C)CC(C)C. The van der Waals surface area contributed by atoms with Crippen LogP contribution in [0.5, 0.6) is 0 Å². The third kappa shape index (κ3) is 4.06. The van der Waals surface area contributed by atoms with Crippen LogP contribution in [0, 0.1) is 12.8 Å². The van der Waals surface area contributed by atoms with Gasteiger partial charge >= 0.3 is 5.97 Å². The molecule has 1 heterocycles. The van der Waals surface area contributed by atoms with E-state index in [1.54, 1.807) is 13.0 Å². The predicted molar refractivity (Wildman–Crippen MR) is 67.7 cm³/mol. The molecule has 4 heteroatoms. The number of aromatic nitrogens is 1. The molecule has 0 saturated heterocycles. The van der Waals surface area contributed by atoms with Crippen molar-refractivity contribution in [3.8, 4) is 0 Å². The molecule has 0 aliphatic rings. The van der Waals surface area contributed by atoms with Crippen molar-refractivity contribution < 1.29 is 9.53 Å². The number of nitrogens with two attached hydrogens (primary N) is 1. The van der Waals surface area contributed by atoms with E-state index in [0.29, 0.717) is 22.9 Å². The number of pyridine rings is 1. The number of ether oxygens (including phenoxy) is 1. The number of esters is 1. The Morgan fingerprint density at radius 3 is 2.71 bits per heavy atom. The van der Waals surface area contributed by atoms with Crippen LogP contribution >= 0.6 is 0 Å². The molecule has 0 bridgehead atoms. The predicted octanol–water partition coefficient (Wildman–Crippen LogP) is 2.56. The Hall–Kier alpha value is -1.58. The van der Waals surface area contributed by atoms with Gasteiger partial charge in [-0.15, -0.1) is 0 Å². The topological polar surface area (TPSA) is 65.2 Å². The largest absolute Gasteiger partial charge is 0.459 e. The van der Waals surface area contributed by atoms with Gasteiger partial charge < -0.3 is 10.5 Å². The van der Waals surface area contributed by atoms with E-state index < -0.39 is 0 Å². The molecule has 1 rings (SSSR count).